The number of aromatic nitrogens is 1. The maximum absolute atomic E-state index is 12.5. The fourth-order valence-corrected chi connectivity index (χ4v) is 4.20. The number of rotatable bonds is 4. The number of nitrogens with one attached hydrogen (secondary N) is 1. The van der Waals surface area contributed by atoms with Gasteiger partial charge in [-0.2, -0.15) is 0 Å². The normalized spacial score (nSPS) is 32.0. The van der Waals surface area contributed by atoms with Gasteiger partial charge < -0.3 is 14.8 Å². The summed E-state index contributed by atoms with van der Waals surface area (Å²) in [4.78, 5) is 29.3. The number of carbonyl (C=O) groups excluding carboxylic acids is 2. The highest BCUT2D eigenvalue weighted by molar-refractivity contribution is 7.13. The van der Waals surface area contributed by atoms with Gasteiger partial charge in [0.1, 0.15) is 5.60 Å². The smallest absolute Gasteiger partial charge is 0.324 e. The summed E-state index contributed by atoms with van der Waals surface area (Å²) in [6, 6.07) is 0. The summed E-state index contributed by atoms with van der Waals surface area (Å²) in [5, 5.41) is 5.69. The molecule has 2 fully saturated rings. The Balaban J connectivity index is 1.87. The van der Waals surface area contributed by atoms with E-state index in [1.54, 1.807) is 13.0 Å². The Kier molecular flexibility index (Phi) is 3.51. The first-order valence-electron chi connectivity index (χ1n) is 7.48. The van der Waals surface area contributed by atoms with Crippen LogP contribution in [0.1, 0.15) is 39.3 Å². The van der Waals surface area contributed by atoms with E-state index in [-0.39, 0.29) is 6.42 Å². The number of nitrogens with zero attached hydrogens (tertiary/aromatic N) is 1. The molecule has 2 saturated heterocycles. The molecule has 3 rings (SSSR count). The van der Waals surface area contributed by atoms with Crippen molar-refractivity contribution in [2.75, 3.05) is 11.9 Å². The molecule has 0 aromatic carbocycles. The number of esters is 2. The average molecular weight is 336 g/mol. The summed E-state index contributed by atoms with van der Waals surface area (Å²) >= 11 is 1.43. The van der Waals surface area contributed by atoms with Crippen molar-refractivity contribution in [2.45, 2.75) is 44.8 Å². The van der Waals surface area contributed by atoms with Crippen LogP contribution in [-0.2, 0) is 24.7 Å². The number of thiazole rings is 1. The number of carbonyl (C=O) groups is 2. The van der Waals surface area contributed by atoms with E-state index in [4.69, 9.17) is 9.47 Å². The second-order valence-electron chi connectivity index (χ2n) is 6.91. The molecular formula is C16H20N2O4S. The van der Waals surface area contributed by atoms with Crippen molar-refractivity contribution in [3.05, 3.63) is 23.7 Å². The minimum absolute atomic E-state index is 0.256. The summed E-state index contributed by atoms with van der Waals surface area (Å²) in [5.74, 6) is -0.999. The van der Waals surface area contributed by atoms with Crippen LogP contribution in [0, 0.1) is 5.41 Å². The van der Waals surface area contributed by atoms with Crippen LogP contribution in [0.2, 0.25) is 0 Å². The predicted molar refractivity (Wildman–Crippen MR) is 86.1 cm³/mol. The van der Waals surface area contributed by atoms with Crippen LogP contribution < -0.4 is 5.32 Å². The van der Waals surface area contributed by atoms with E-state index < -0.39 is 28.6 Å². The maximum atomic E-state index is 12.5. The summed E-state index contributed by atoms with van der Waals surface area (Å²) in [6.07, 6.45) is 2.33. The van der Waals surface area contributed by atoms with Crippen LogP contribution in [0.25, 0.3) is 0 Å². The number of anilines is 1. The first-order chi connectivity index (χ1) is 10.7. The quantitative estimate of drug-likeness (QED) is 0.517. The Morgan fingerprint density at radius 1 is 1.30 bits per heavy atom. The molecule has 23 heavy (non-hydrogen) atoms. The molecule has 0 saturated carbocycles. The van der Waals surface area contributed by atoms with E-state index in [1.165, 1.54) is 11.3 Å². The van der Waals surface area contributed by atoms with Crippen LogP contribution in [0.4, 0.5) is 5.13 Å². The van der Waals surface area contributed by atoms with Crippen molar-refractivity contribution < 1.29 is 19.1 Å². The molecule has 3 heterocycles. The molecule has 1 spiro atoms. The number of cyclic esters (lactones) is 2. The van der Waals surface area contributed by atoms with Crippen LogP contribution in [-0.4, -0.2) is 29.1 Å². The van der Waals surface area contributed by atoms with Gasteiger partial charge in [-0.25, -0.2) is 4.98 Å². The molecule has 2 aliphatic heterocycles. The lowest BCUT2D eigenvalue weighted by molar-refractivity contribution is -0.161. The van der Waals surface area contributed by atoms with E-state index in [9.17, 15) is 9.59 Å². The lowest BCUT2D eigenvalue weighted by Gasteiger charge is -2.20. The Labute approximate surface area is 138 Å². The van der Waals surface area contributed by atoms with Gasteiger partial charge in [-0.15, -0.1) is 17.9 Å². The molecule has 6 nitrogen and oxygen atoms in total. The van der Waals surface area contributed by atoms with Gasteiger partial charge >= 0.3 is 11.9 Å². The molecule has 2 atom stereocenters. The Morgan fingerprint density at radius 2 is 2.00 bits per heavy atom. The largest absolute Gasteiger partial charge is 0.459 e. The highest BCUT2D eigenvalue weighted by atomic mass is 32.1. The lowest BCUT2D eigenvalue weighted by atomic mass is 9.75. The van der Waals surface area contributed by atoms with Gasteiger partial charge in [-0.05, 0) is 20.8 Å². The topological polar surface area (TPSA) is 77.5 Å². The molecule has 0 unspecified atom stereocenters. The average Bonchev–Trinajstić information content (AvgIpc) is 3.06. The van der Waals surface area contributed by atoms with Crippen LogP contribution in [0.5, 0.6) is 0 Å². The molecule has 1 aromatic heterocycles. The number of hydrogen-bond acceptors (Lipinski definition) is 7. The van der Waals surface area contributed by atoms with Crippen molar-refractivity contribution >= 4 is 28.4 Å². The highest BCUT2D eigenvalue weighted by Gasteiger charge is 2.67. The molecular weight excluding hydrogens is 316 g/mol. The Bertz CT molecular complexity index is 683. The molecule has 0 bridgehead atoms. The summed E-state index contributed by atoms with van der Waals surface area (Å²) in [6.45, 7) is 9.67. The monoisotopic (exact) mass is 336 g/mol. The molecule has 1 N–H and O–H groups in total. The van der Waals surface area contributed by atoms with Gasteiger partial charge in [-0.3, -0.25) is 9.59 Å². The number of ether oxygens (including phenoxy) is 2. The van der Waals surface area contributed by atoms with Gasteiger partial charge in [0.15, 0.2) is 16.1 Å². The molecule has 0 radical (unpaired) electrons. The first-order valence-corrected chi connectivity index (χ1v) is 8.36. The molecule has 0 aliphatic carbocycles. The van der Waals surface area contributed by atoms with E-state index in [2.05, 4.69) is 16.9 Å². The van der Waals surface area contributed by atoms with Crippen LogP contribution in [0.3, 0.4) is 0 Å². The van der Waals surface area contributed by atoms with E-state index in [0.29, 0.717) is 18.7 Å². The third-order valence-electron chi connectivity index (χ3n) is 4.28. The van der Waals surface area contributed by atoms with Crippen molar-refractivity contribution in [2.24, 2.45) is 5.41 Å². The first kappa shape index (κ1) is 16.0. The SMILES string of the molecule is C=CCNc1nc([C@]2(C)C[C@]3(CC(C)(C)OC3=O)C(=O)O2)cs1. The Hall–Kier alpha value is -1.89. The molecule has 2 aliphatic rings. The van der Waals surface area contributed by atoms with Gasteiger partial charge in [0.25, 0.3) is 0 Å². The lowest BCUT2D eigenvalue weighted by Crippen LogP contribution is -2.32. The summed E-state index contributed by atoms with van der Waals surface area (Å²) in [7, 11) is 0. The predicted octanol–water partition coefficient (Wildman–Crippen LogP) is 2.62. The molecule has 0 amide bonds. The minimum atomic E-state index is -1.21. The fraction of sp³-hybridized carbons (Fsp3) is 0.562. The third-order valence-corrected chi connectivity index (χ3v) is 5.08. The van der Waals surface area contributed by atoms with Gasteiger partial charge in [0.05, 0.1) is 5.69 Å². The van der Waals surface area contributed by atoms with E-state index in [0.717, 1.165) is 5.13 Å². The minimum Gasteiger partial charge on any atom is -0.459 e. The van der Waals surface area contributed by atoms with Gasteiger partial charge in [0.2, 0.25) is 0 Å². The fourth-order valence-electron chi connectivity index (χ4n) is 3.36. The molecule has 1 aromatic rings. The second kappa shape index (κ2) is 5.06. The van der Waals surface area contributed by atoms with Crippen molar-refractivity contribution in [1.29, 1.82) is 0 Å². The molecule has 7 heteroatoms. The van der Waals surface area contributed by atoms with E-state index in [1.807, 2.05) is 19.2 Å². The second-order valence-corrected chi connectivity index (χ2v) is 7.77. The van der Waals surface area contributed by atoms with Crippen molar-refractivity contribution in [3.8, 4) is 0 Å². The van der Waals surface area contributed by atoms with Crippen LogP contribution >= 0.6 is 11.3 Å². The zero-order valence-electron chi connectivity index (χ0n) is 13.5. The van der Waals surface area contributed by atoms with Gasteiger partial charge in [0, 0.05) is 24.8 Å². The van der Waals surface area contributed by atoms with Crippen LogP contribution in [0.15, 0.2) is 18.0 Å². The number of hydrogen-bond donors (Lipinski definition) is 1. The zero-order chi connectivity index (χ0) is 16.9. The Morgan fingerprint density at radius 3 is 2.61 bits per heavy atom. The molecule has 124 valence electrons. The van der Waals surface area contributed by atoms with E-state index >= 15 is 0 Å². The summed E-state index contributed by atoms with van der Waals surface area (Å²) in [5.41, 5.74) is -2.13. The zero-order valence-corrected chi connectivity index (χ0v) is 14.3. The summed E-state index contributed by atoms with van der Waals surface area (Å²) < 4.78 is 11.0. The van der Waals surface area contributed by atoms with Crippen molar-refractivity contribution in [3.63, 3.8) is 0 Å². The standard InChI is InChI=1S/C16H20N2O4S/c1-5-6-17-13-18-10(7-23-13)15(4)9-16(12(20)22-15)8-14(2,3)21-11(16)19/h5,7H,1,6,8-9H2,2-4H3,(H,17,18)/t15-,16-/m0/s1. The maximum Gasteiger partial charge on any atom is 0.324 e. The van der Waals surface area contributed by atoms with Gasteiger partial charge in [-0.1, -0.05) is 6.08 Å². The van der Waals surface area contributed by atoms with Crippen molar-refractivity contribution in [1.82, 2.24) is 4.98 Å². The third kappa shape index (κ3) is 2.52. The highest BCUT2D eigenvalue weighted by Crippen LogP contribution is 2.54.